The van der Waals surface area contributed by atoms with E-state index in [1.54, 1.807) is 6.92 Å². The number of aliphatic hydroxyl groups is 1. The van der Waals surface area contributed by atoms with Gasteiger partial charge in [-0.25, -0.2) is 4.79 Å². The van der Waals surface area contributed by atoms with E-state index in [2.05, 4.69) is 4.74 Å². The van der Waals surface area contributed by atoms with Crippen molar-refractivity contribution in [2.45, 2.75) is 6.92 Å². The molecule has 0 heterocycles. The fraction of sp³-hybridized carbons (Fsp3) is 0.250. The fourth-order valence-corrected chi connectivity index (χ4v) is 1.32. The van der Waals surface area contributed by atoms with Gasteiger partial charge >= 0.3 is 5.97 Å². The van der Waals surface area contributed by atoms with E-state index >= 15 is 0 Å². The monoisotopic (exact) mass is 206 g/mol. The number of aliphatic hydroxyl groups excluding tert-OH is 1. The van der Waals surface area contributed by atoms with E-state index in [-0.39, 0.29) is 6.61 Å². The van der Waals surface area contributed by atoms with Crippen LogP contribution in [0, 0.1) is 0 Å². The van der Waals surface area contributed by atoms with Crippen molar-refractivity contribution in [3.8, 4) is 0 Å². The second kappa shape index (κ2) is 5.32. The van der Waals surface area contributed by atoms with Gasteiger partial charge in [0, 0.05) is 0 Å². The highest BCUT2D eigenvalue weighted by Gasteiger charge is 2.12. The van der Waals surface area contributed by atoms with Crippen molar-refractivity contribution in [2.75, 3.05) is 13.7 Å². The summed E-state index contributed by atoms with van der Waals surface area (Å²) in [6, 6.07) is 9.42. The average molecular weight is 206 g/mol. The lowest BCUT2D eigenvalue weighted by atomic mass is 10.0. The van der Waals surface area contributed by atoms with Crippen LogP contribution >= 0.6 is 0 Å². The summed E-state index contributed by atoms with van der Waals surface area (Å²) < 4.78 is 4.59. The van der Waals surface area contributed by atoms with Crippen molar-refractivity contribution >= 4 is 11.5 Å². The van der Waals surface area contributed by atoms with Crippen LogP contribution in [0.15, 0.2) is 35.9 Å². The maximum absolute atomic E-state index is 11.3. The zero-order valence-corrected chi connectivity index (χ0v) is 8.86. The minimum Gasteiger partial charge on any atom is -0.466 e. The Morgan fingerprint density at radius 1 is 1.33 bits per heavy atom. The summed E-state index contributed by atoms with van der Waals surface area (Å²) in [5.74, 6) is -0.487. The van der Waals surface area contributed by atoms with E-state index in [9.17, 15) is 4.79 Å². The Labute approximate surface area is 89.0 Å². The third-order valence-corrected chi connectivity index (χ3v) is 2.25. The molecule has 1 aromatic carbocycles. The number of hydrogen-bond donors (Lipinski definition) is 1. The second-order valence-electron chi connectivity index (χ2n) is 3.12. The Kier molecular flexibility index (Phi) is 4.06. The van der Waals surface area contributed by atoms with Gasteiger partial charge in [-0.3, -0.25) is 0 Å². The lowest BCUT2D eigenvalue weighted by Crippen LogP contribution is -2.10. The highest BCUT2D eigenvalue weighted by Crippen LogP contribution is 2.18. The van der Waals surface area contributed by atoms with Crippen LogP contribution in [0.25, 0.3) is 5.57 Å². The zero-order valence-electron chi connectivity index (χ0n) is 8.86. The standard InChI is InChI=1S/C12H14O3/c1-9(10-6-4-3-5-7-10)11(8-13)12(14)15-2/h3-7,13H,8H2,1-2H3/b11-9+. The highest BCUT2D eigenvalue weighted by molar-refractivity contribution is 5.97. The molecule has 3 nitrogen and oxygen atoms in total. The van der Waals surface area contributed by atoms with Crippen LogP contribution in [0.3, 0.4) is 0 Å². The van der Waals surface area contributed by atoms with Crippen LogP contribution in [-0.2, 0) is 9.53 Å². The molecule has 1 N–H and O–H groups in total. The number of allylic oxidation sites excluding steroid dienone is 1. The smallest absolute Gasteiger partial charge is 0.336 e. The molecule has 0 spiro atoms. The quantitative estimate of drug-likeness (QED) is 0.604. The molecule has 0 aliphatic rings. The molecular weight excluding hydrogens is 192 g/mol. The molecule has 0 fully saturated rings. The lowest BCUT2D eigenvalue weighted by molar-refractivity contribution is -0.136. The van der Waals surface area contributed by atoms with Crippen LogP contribution in [0.1, 0.15) is 12.5 Å². The van der Waals surface area contributed by atoms with Gasteiger partial charge in [0.05, 0.1) is 19.3 Å². The number of methoxy groups -OCH3 is 1. The Morgan fingerprint density at radius 2 is 1.93 bits per heavy atom. The molecule has 0 aliphatic heterocycles. The zero-order chi connectivity index (χ0) is 11.3. The van der Waals surface area contributed by atoms with Gasteiger partial charge in [0.2, 0.25) is 0 Å². The summed E-state index contributed by atoms with van der Waals surface area (Å²) in [4.78, 5) is 11.3. The molecule has 0 aliphatic carbocycles. The predicted molar refractivity (Wildman–Crippen MR) is 58.1 cm³/mol. The van der Waals surface area contributed by atoms with Crippen molar-refractivity contribution in [3.05, 3.63) is 41.5 Å². The van der Waals surface area contributed by atoms with Crippen LogP contribution in [0.4, 0.5) is 0 Å². The second-order valence-corrected chi connectivity index (χ2v) is 3.12. The van der Waals surface area contributed by atoms with E-state index in [4.69, 9.17) is 5.11 Å². The third kappa shape index (κ3) is 2.67. The first-order valence-electron chi connectivity index (χ1n) is 4.65. The SMILES string of the molecule is COC(=O)/C(CO)=C(\C)c1ccccc1. The van der Waals surface area contributed by atoms with Crippen LogP contribution in [0.5, 0.6) is 0 Å². The van der Waals surface area contributed by atoms with Crippen molar-refractivity contribution in [3.63, 3.8) is 0 Å². The predicted octanol–water partition coefficient (Wildman–Crippen LogP) is 1.63. The Hall–Kier alpha value is -1.61. The number of rotatable bonds is 3. The summed E-state index contributed by atoms with van der Waals surface area (Å²) in [6.07, 6.45) is 0. The molecule has 3 heteroatoms. The maximum atomic E-state index is 11.3. The van der Waals surface area contributed by atoms with E-state index < -0.39 is 5.97 Å². The van der Waals surface area contributed by atoms with Crippen LogP contribution in [-0.4, -0.2) is 24.8 Å². The molecule has 0 saturated heterocycles. The van der Waals surface area contributed by atoms with Crippen molar-refractivity contribution < 1.29 is 14.6 Å². The Morgan fingerprint density at radius 3 is 2.40 bits per heavy atom. The van der Waals surface area contributed by atoms with Crippen molar-refractivity contribution in [1.29, 1.82) is 0 Å². The summed E-state index contributed by atoms with van der Waals surface area (Å²) in [7, 11) is 1.30. The van der Waals surface area contributed by atoms with E-state index in [0.717, 1.165) is 11.1 Å². The first kappa shape index (κ1) is 11.5. The fourth-order valence-electron chi connectivity index (χ4n) is 1.32. The molecule has 1 rings (SSSR count). The highest BCUT2D eigenvalue weighted by atomic mass is 16.5. The maximum Gasteiger partial charge on any atom is 0.336 e. The third-order valence-electron chi connectivity index (χ3n) is 2.25. The number of hydrogen-bond acceptors (Lipinski definition) is 3. The van der Waals surface area contributed by atoms with E-state index in [1.807, 2.05) is 30.3 Å². The lowest BCUT2D eigenvalue weighted by Gasteiger charge is -2.07. The van der Waals surface area contributed by atoms with Gasteiger partial charge in [0.15, 0.2) is 0 Å². The largest absolute Gasteiger partial charge is 0.466 e. The first-order chi connectivity index (χ1) is 7.20. The summed E-state index contributed by atoms with van der Waals surface area (Å²) in [5, 5.41) is 9.10. The molecule has 0 unspecified atom stereocenters. The molecule has 0 aromatic heterocycles. The molecule has 1 aromatic rings. The summed E-state index contributed by atoms with van der Waals surface area (Å²) in [5.41, 5.74) is 1.95. The molecule has 0 radical (unpaired) electrons. The van der Waals surface area contributed by atoms with Gasteiger partial charge in [0.25, 0.3) is 0 Å². The summed E-state index contributed by atoms with van der Waals surface area (Å²) in [6.45, 7) is 1.48. The number of esters is 1. The number of benzene rings is 1. The number of carbonyl (C=O) groups excluding carboxylic acids is 1. The molecule has 0 bridgehead atoms. The molecular formula is C12H14O3. The van der Waals surface area contributed by atoms with Gasteiger partial charge < -0.3 is 9.84 Å². The first-order valence-corrected chi connectivity index (χ1v) is 4.65. The van der Waals surface area contributed by atoms with Gasteiger partial charge in [-0.2, -0.15) is 0 Å². The minimum atomic E-state index is -0.487. The molecule has 0 amide bonds. The van der Waals surface area contributed by atoms with Crippen LogP contribution < -0.4 is 0 Å². The minimum absolute atomic E-state index is 0.295. The van der Waals surface area contributed by atoms with Gasteiger partial charge in [-0.1, -0.05) is 30.3 Å². The van der Waals surface area contributed by atoms with Crippen molar-refractivity contribution in [2.24, 2.45) is 0 Å². The number of ether oxygens (including phenoxy) is 1. The average Bonchev–Trinajstić information content (AvgIpc) is 2.30. The Balaban J connectivity index is 3.12. The summed E-state index contributed by atoms with van der Waals surface area (Å²) >= 11 is 0. The number of carbonyl (C=O) groups is 1. The van der Waals surface area contributed by atoms with E-state index in [1.165, 1.54) is 7.11 Å². The van der Waals surface area contributed by atoms with Gasteiger partial charge in [-0.05, 0) is 18.1 Å². The van der Waals surface area contributed by atoms with Gasteiger partial charge in [0.1, 0.15) is 0 Å². The molecule has 15 heavy (non-hydrogen) atoms. The van der Waals surface area contributed by atoms with E-state index in [0.29, 0.717) is 5.57 Å². The molecule has 0 atom stereocenters. The molecule has 80 valence electrons. The normalized spacial score (nSPS) is 11.9. The topological polar surface area (TPSA) is 46.5 Å². The van der Waals surface area contributed by atoms with Gasteiger partial charge in [-0.15, -0.1) is 0 Å². The van der Waals surface area contributed by atoms with Crippen LogP contribution in [0.2, 0.25) is 0 Å². The molecule has 0 saturated carbocycles. The Bertz CT molecular complexity index is 366. The van der Waals surface area contributed by atoms with Crippen molar-refractivity contribution in [1.82, 2.24) is 0 Å².